The lowest BCUT2D eigenvalue weighted by Gasteiger charge is -2.35. The third-order valence-electron chi connectivity index (χ3n) is 5.35. The lowest BCUT2D eigenvalue weighted by atomic mass is 9.90. The molecule has 1 aliphatic carbocycles. The Kier molecular flexibility index (Phi) is 6.60. The van der Waals surface area contributed by atoms with E-state index in [-0.39, 0.29) is 12.0 Å². The Labute approximate surface area is 168 Å². The normalized spacial score (nSPS) is 17.8. The van der Waals surface area contributed by atoms with Gasteiger partial charge in [0.1, 0.15) is 5.60 Å². The van der Waals surface area contributed by atoms with E-state index in [1.807, 2.05) is 26.8 Å². The second-order valence-corrected chi connectivity index (χ2v) is 8.76. The first kappa shape index (κ1) is 20.6. The van der Waals surface area contributed by atoms with E-state index in [1.54, 1.807) is 4.90 Å². The summed E-state index contributed by atoms with van der Waals surface area (Å²) < 4.78 is 5.42. The van der Waals surface area contributed by atoms with Crippen LogP contribution in [-0.4, -0.2) is 66.7 Å². The zero-order chi connectivity index (χ0) is 20.1. The molecule has 1 aromatic carbocycles. The van der Waals surface area contributed by atoms with Gasteiger partial charge in [0.25, 0.3) is 5.91 Å². The lowest BCUT2D eigenvalue weighted by Crippen LogP contribution is -2.51. The van der Waals surface area contributed by atoms with Crippen molar-refractivity contribution in [1.82, 2.24) is 15.1 Å². The zero-order valence-electron chi connectivity index (χ0n) is 17.4. The van der Waals surface area contributed by atoms with E-state index >= 15 is 0 Å². The highest BCUT2D eigenvalue weighted by molar-refractivity contribution is 5.94. The highest BCUT2D eigenvalue weighted by Crippen LogP contribution is 2.22. The summed E-state index contributed by atoms with van der Waals surface area (Å²) in [6, 6.07) is 6.11. The number of hydrogen-bond acceptors (Lipinski definition) is 4. The molecule has 1 aromatic rings. The number of benzene rings is 1. The van der Waals surface area contributed by atoms with Gasteiger partial charge in [0, 0.05) is 44.8 Å². The summed E-state index contributed by atoms with van der Waals surface area (Å²) in [5.41, 5.74) is 3.02. The highest BCUT2D eigenvalue weighted by atomic mass is 16.6. The Bertz CT molecular complexity index is 703. The molecule has 0 spiro atoms. The Morgan fingerprint density at radius 3 is 2.39 bits per heavy atom. The first-order valence-electron chi connectivity index (χ1n) is 10.4. The van der Waals surface area contributed by atoms with E-state index in [1.165, 1.54) is 24.0 Å². The van der Waals surface area contributed by atoms with Crippen LogP contribution in [0.4, 0.5) is 4.79 Å². The average molecular weight is 388 g/mol. The average Bonchev–Trinajstić information content (AvgIpc) is 2.66. The number of nitrogens with zero attached hydrogens (tertiary/aromatic N) is 2. The summed E-state index contributed by atoms with van der Waals surface area (Å²) in [7, 11) is 0. The summed E-state index contributed by atoms with van der Waals surface area (Å²) in [5, 5.41) is 3.03. The van der Waals surface area contributed by atoms with Crippen molar-refractivity contribution in [2.24, 2.45) is 0 Å². The van der Waals surface area contributed by atoms with Gasteiger partial charge in [0.2, 0.25) is 0 Å². The van der Waals surface area contributed by atoms with E-state index in [2.05, 4.69) is 22.3 Å². The molecule has 154 valence electrons. The summed E-state index contributed by atoms with van der Waals surface area (Å²) >= 11 is 0. The number of aryl methyl sites for hydroxylation is 2. The van der Waals surface area contributed by atoms with Gasteiger partial charge < -0.3 is 15.0 Å². The first-order valence-corrected chi connectivity index (χ1v) is 10.4. The highest BCUT2D eigenvalue weighted by Gasteiger charge is 2.25. The maximum Gasteiger partial charge on any atom is 0.410 e. The number of nitrogens with one attached hydrogen (secondary N) is 1. The number of rotatable bonds is 4. The van der Waals surface area contributed by atoms with Crippen LogP contribution in [0.3, 0.4) is 0 Å². The van der Waals surface area contributed by atoms with Gasteiger partial charge in [0.05, 0.1) is 0 Å². The fraction of sp³-hybridized carbons (Fsp3) is 0.636. The van der Waals surface area contributed by atoms with E-state index in [0.717, 1.165) is 38.0 Å². The summed E-state index contributed by atoms with van der Waals surface area (Å²) in [6.07, 6.45) is 4.44. The maximum absolute atomic E-state index is 12.4. The number of carbonyl (C=O) groups is 2. The van der Waals surface area contributed by atoms with Crippen molar-refractivity contribution in [2.75, 3.05) is 39.3 Å². The predicted octanol–water partition coefficient (Wildman–Crippen LogP) is 2.85. The zero-order valence-corrected chi connectivity index (χ0v) is 17.4. The minimum atomic E-state index is -0.463. The van der Waals surface area contributed by atoms with Crippen LogP contribution in [0.5, 0.6) is 0 Å². The van der Waals surface area contributed by atoms with E-state index in [4.69, 9.17) is 4.74 Å². The van der Waals surface area contributed by atoms with Crippen LogP contribution in [0.1, 0.15) is 55.1 Å². The standard InChI is InChI=1S/C22H33N3O3/c1-22(2,3)28-21(27)25-14-12-24(13-15-25)11-10-23-20(26)19-9-8-17-6-4-5-7-18(17)16-19/h8-9,16H,4-7,10-15H2,1-3H3,(H,23,26). The van der Waals surface area contributed by atoms with Gasteiger partial charge in [-0.2, -0.15) is 0 Å². The molecule has 2 amide bonds. The van der Waals surface area contributed by atoms with Crippen molar-refractivity contribution in [3.8, 4) is 0 Å². The third kappa shape index (κ3) is 5.71. The second kappa shape index (κ2) is 8.95. The van der Waals surface area contributed by atoms with Crippen LogP contribution in [-0.2, 0) is 17.6 Å². The molecule has 0 saturated carbocycles. The Morgan fingerprint density at radius 1 is 1.04 bits per heavy atom. The van der Waals surface area contributed by atoms with Gasteiger partial charge in [-0.05, 0) is 69.7 Å². The molecule has 0 atom stereocenters. The Hall–Kier alpha value is -2.08. The molecule has 28 heavy (non-hydrogen) atoms. The summed E-state index contributed by atoms with van der Waals surface area (Å²) in [5.74, 6) is 0.000708. The lowest BCUT2D eigenvalue weighted by molar-refractivity contribution is 0.0147. The minimum absolute atomic E-state index is 0.000708. The molecule has 0 aromatic heterocycles. The van der Waals surface area contributed by atoms with Crippen molar-refractivity contribution in [2.45, 2.75) is 52.1 Å². The fourth-order valence-corrected chi connectivity index (χ4v) is 3.78. The van der Waals surface area contributed by atoms with Crippen molar-refractivity contribution in [1.29, 1.82) is 0 Å². The first-order chi connectivity index (χ1) is 13.3. The van der Waals surface area contributed by atoms with Crippen molar-refractivity contribution in [3.05, 3.63) is 34.9 Å². The van der Waals surface area contributed by atoms with Crippen LogP contribution in [0.25, 0.3) is 0 Å². The van der Waals surface area contributed by atoms with Crippen LogP contribution in [0, 0.1) is 0 Å². The number of amides is 2. The SMILES string of the molecule is CC(C)(C)OC(=O)N1CCN(CCNC(=O)c2ccc3c(c2)CCCC3)CC1. The van der Waals surface area contributed by atoms with Gasteiger partial charge in [-0.25, -0.2) is 4.79 Å². The van der Waals surface area contributed by atoms with E-state index in [9.17, 15) is 9.59 Å². The largest absolute Gasteiger partial charge is 0.444 e. The summed E-state index contributed by atoms with van der Waals surface area (Å²) in [6.45, 7) is 9.97. The van der Waals surface area contributed by atoms with Gasteiger partial charge in [-0.15, -0.1) is 0 Å². The number of ether oxygens (including phenoxy) is 1. The van der Waals surface area contributed by atoms with E-state index in [0.29, 0.717) is 19.6 Å². The van der Waals surface area contributed by atoms with Crippen molar-refractivity contribution < 1.29 is 14.3 Å². The molecule has 0 unspecified atom stereocenters. The van der Waals surface area contributed by atoms with Crippen LogP contribution in [0.2, 0.25) is 0 Å². The van der Waals surface area contributed by atoms with Crippen molar-refractivity contribution >= 4 is 12.0 Å². The topological polar surface area (TPSA) is 61.9 Å². The third-order valence-corrected chi connectivity index (χ3v) is 5.35. The van der Waals surface area contributed by atoms with Gasteiger partial charge in [0.15, 0.2) is 0 Å². The number of fused-ring (bicyclic) bond motifs is 1. The fourth-order valence-electron chi connectivity index (χ4n) is 3.78. The molecule has 1 aliphatic heterocycles. The molecule has 3 rings (SSSR count). The Morgan fingerprint density at radius 2 is 1.71 bits per heavy atom. The second-order valence-electron chi connectivity index (χ2n) is 8.76. The molecule has 6 heteroatoms. The van der Waals surface area contributed by atoms with Crippen molar-refractivity contribution in [3.63, 3.8) is 0 Å². The van der Waals surface area contributed by atoms with E-state index < -0.39 is 5.60 Å². The Balaban J connectivity index is 1.39. The molecule has 1 saturated heterocycles. The summed E-state index contributed by atoms with van der Waals surface area (Å²) in [4.78, 5) is 28.6. The van der Waals surface area contributed by atoms with Crippen LogP contribution < -0.4 is 5.32 Å². The number of hydrogen-bond donors (Lipinski definition) is 1. The molecular formula is C22H33N3O3. The quantitative estimate of drug-likeness (QED) is 0.863. The number of carbonyl (C=O) groups excluding carboxylic acids is 2. The van der Waals surface area contributed by atoms with Crippen LogP contribution >= 0.6 is 0 Å². The smallest absolute Gasteiger partial charge is 0.410 e. The molecule has 2 aliphatic rings. The molecule has 1 fully saturated rings. The molecule has 0 bridgehead atoms. The minimum Gasteiger partial charge on any atom is -0.444 e. The van der Waals surface area contributed by atoms with Gasteiger partial charge in [-0.3, -0.25) is 9.69 Å². The van der Waals surface area contributed by atoms with Gasteiger partial charge in [-0.1, -0.05) is 6.07 Å². The molecule has 1 heterocycles. The van der Waals surface area contributed by atoms with Gasteiger partial charge >= 0.3 is 6.09 Å². The monoisotopic (exact) mass is 387 g/mol. The molecule has 0 radical (unpaired) electrons. The van der Waals surface area contributed by atoms with Crippen LogP contribution in [0.15, 0.2) is 18.2 Å². The maximum atomic E-state index is 12.4. The molecular weight excluding hydrogens is 354 g/mol. The number of piperazine rings is 1. The molecule has 1 N–H and O–H groups in total. The predicted molar refractivity (Wildman–Crippen MR) is 110 cm³/mol. The molecule has 6 nitrogen and oxygen atoms in total.